The molecule has 0 N–H and O–H groups in total. The fourth-order valence-corrected chi connectivity index (χ4v) is 2.63. The third kappa shape index (κ3) is 5.05. The van der Waals surface area contributed by atoms with Gasteiger partial charge in [0.25, 0.3) is 11.8 Å². The van der Waals surface area contributed by atoms with Crippen LogP contribution in [0.25, 0.3) is 17.5 Å². The maximum absolute atomic E-state index is 12.0. The molecule has 0 fully saturated rings. The zero-order valence-corrected chi connectivity index (χ0v) is 16.7. The van der Waals surface area contributed by atoms with E-state index in [1.807, 2.05) is 13.0 Å². The number of carbonyl (C=O) groups is 1. The molecule has 0 atom stereocenters. The van der Waals surface area contributed by atoms with Crippen LogP contribution < -0.4 is 9.47 Å². The first kappa shape index (κ1) is 20.7. The molecule has 0 unspecified atom stereocenters. The van der Waals surface area contributed by atoms with Crippen LogP contribution in [0, 0.1) is 25.2 Å². The Morgan fingerprint density at radius 1 is 1.20 bits per heavy atom. The van der Waals surface area contributed by atoms with E-state index >= 15 is 0 Å². The largest absolute Gasteiger partial charge is 0.493 e. The van der Waals surface area contributed by atoms with Gasteiger partial charge in [0.2, 0.25) is 0 Å². The van der Waals surface area contributed by atoms with Gasteiger partial charge in [-0.1, -0.05) is 6.07 Å². The van der Waals surface area contributed by atoms with Gasteiger partial charge in [-0.2, -0.15) is 5.26 Å². The van der Waals surface area contributed by atoms with Crippen molar-refractivity contribution in [2.45, 2.75) is 20.5 Å². The summed E-state index contributed by atoms with van der Waals surface area (Å²) in [6.45, 7) is 3.38. The van der Waals surface area contributed by atoms with Crippen LogP contribution in [-0.2, 0) is 16.1 Å². The Labute approximate surface area is 172 Å². The molecule has 0 aliphatic carbocycles. The van der Waals surface area contributed by atoms with E-state index in [1.54, 1.807) is 37.3 Å². The van der Waals surface area contributed by atoms with E-state index in [-0.39, 0.29) is 19.1 Å². The predicted octanol–water partition coefficient (Wildman–Crippen LogP) is 3.61. The van der Waals surface area contributed by atoms with Gasteiger partial charge in [0, 0.05) is 6.08 Å². The van der Waals surface area contributed by atoms with Crippen LogP contribution in [0.2, 0.25) is 0 Å². The summed E-state index contributed by atoms with van der Waals surface area (Å²) in [5, 5.41) is 16.4. The Hall–Kier alpha value is -4.06. The normalized spacial score (nSPS) is 10.7. The zero-order valence-electron chi connectivity index (χ0n) is 16.7. The van der Waals surface area contributed by atoms with Crippen molar-refractivity contribution in [3.8, 4) is 29.0 Å². The van der Waals surface area contributed by atoms with E-state index in [1.165, 1.54) is 13.2 Å². The molecule has 9 nitrogen and oxygen atoms in total. The number of benzene rings is 1. The Morgan fingerprint density at radius 3 is 2.73 bits per heavy atom. The van der Waals surface area contributed by atoms with Crippen molar-refractivity contribution in [3.63, 3.8) is 0 Å². The second-order valence-corrected chi connectivity index (χ2v) is 6.13. The van der Waals surface area contributed by atoms with Crippen molar-refractivity contribution >= 4 is 12.0 Å². The number of aryl methyl sites for hydroxylation is 2. The summed E-state index contributed by atoms with van der Waals surface area (Å²) in [7, 11) is 1.49. The molecule has 3 rings (SSSR count). The van der Waals surface area contributed by atoms with Crippen molar-refractivity contribution in [1.82, 2.24) is 10.2 Å². The first-order valence-electron chi connectivity index (χ1n) is 8.92. The number of nitrogens with zero attached hydrogens (tertiary/aromatic N) is 3. The summed E-state index contributed by atoms with van der Waals surface area (Å²) in [4.78, 5) is 12.0. The average Bonchev–Trinajstić information content (AvgIpc) is 3.34. The highest BCUT2D eigenvalue weighted by Crippen LogP contribution is 2.28. The summed E-state index contributed by atoms with van der Waals surface area (Å²) in [5.41, 5.74) is 1.40. The molecule has 0 aliphatic heterocycles. The van der Waals surface area contributed by atoms with Gasteiger partial charge in [0.05, 0.1) is 12.7 Å². The number of rotatable bonds is 8. The second kappa shape index (κ2) is 9.43. The minimum atomic E-state index is -0.575. The second-order valence-electron chi connectivity index (χ2n) is 6.13. The molecule has 154 valence electrons. The summed E-state index contributed by atoms with van der Waals surface area (Å²) in [6, 6.07) is 8.74. The van der Waals surface area contributed by atoms with Crippen LogP contribution in [0.5, 0.6) is 11.5 Å². The molecule has 0 spiro atoms. The number of nitriles is 1. The van der Waals surface area contributed by atoms with Crippen LogP contribution in [0.1, 0.15) is 23.0 Å². The SMILES string of the molecule is COc1cc(/C=C/C(=O)OCc2nnc(-c3cc(C)oc3C)o2)ccc1OCC#N. The van der Waals surface area contributed by atoms with Crippen LogP contribution in [-0.4, -0.2) is 29.9 Å². The molecule has 3 aromatic rings. The molecule has 0 saturated heterocycles. The van der Waals surface area contributed by atoms with Gasteiger partial charge in [-0.05, 0) is 43.7 Å². The van der Waals surface area contributed by atoms with Crippen LogP contribution in [0.15, 0.2) is 39.2 Å². The number of carbonyl (C=O) groups excluding carboxylic acids is 1. The fraction of sp³-hybridized carbons (Fsp3) is 0.238. The molecular weight excluding hydrogens is 390 g/mol. The Bertz CT molecular complexity index is 1110. The van der Waals surface area contributed by atoms with Crippen molar-refractivity contribution in [1.29, 1.82) is 5.26 Å². The summed E-state index contributed by atoms with van der Waals surface area (Å²) in [6.07, 6.45) is 2.83. The highest BCUT2D eigenvalue weighted by Gasteiger charge is 2.15. The molecule has 2 aromatic heterocycles. The maximum atomic E-state index is 12.0. The lowest BCUT2D eigenvalue weighted by Crippen LogP contribution is -2.01. The monoisotopic (exact) mass is 409 g/mol. The Kier molecular flexibility index (Phi) is 6.49. The van der Waals surface area contributed by atoms with Crippen LogP contribution in [0.3, 0.4) is 0 Å². The minimum Gasteiger partial charge on any atom is -0.493 e. The zero-order chi connectivity index (χ0) is 21.5. The summed E-state index contributed by atoms with van der Waals surface area (Å²) in [5.74, 6) is 2.19. The lowest BCUT2D eigenvalue weighted by Gasteiger charge is -2.08. The van der Waals surface area contributed by atoms with E-state index in [9.17, 15) is 4.79 Å². The van der Waals surface area contributed by atoms with Crippen LogP contribution in [0.4, 0.5) is 0 Å². The predicted molar refractivity (Wildman–Crippen MR) is 104 cm³/mol. The fourth-order valence-electron chi connectivity index (χ4n) is 2.63. The van der Waals surface area contributed by atoms with Crippen molar-refractivity contribution in [3.05, 3.63) is 53.3 Å². The molecule has 0 aliphatic rings. The van der Waals surface area contributed by atoms with E-state index in [2.05, 4.69) is 10.2 Å². The van der Waals surface area contributed by atoms with Gasteiger partial charge in [-0.25, -0.2) is 4.79 Å². The quantitative estimate of drug-likeness (QED) is 0.405. The number of furan rings is 1. The Balaban J connectivity index is 1.58. The molecule has 9 heteroatoms. The number of aromatic nitrogens is 2. The van der Waals surface area contributed by atoms with E-state index in [0.717, 1.165) is 5.76 Å². The smallest absolute Gasteiger partial charge is 0.331 e. The van der Waals surface area contributed by atoms with Gasteiger partial charge in [0.15, 0.2) is 24.7 Å². The average molecular weight is 409 g/mol. The van der Waals surface area contributed by atoms with Crippen molar-refractivity contribution in [2.75, 3.05) is 13.7 Å². The third-order valence-electron chi connectivity index (χ3n) is 3.97. The molecule has 0 radical (unpaired) electrons. The van der Waals surface area contributed by atoms with Gasteiger partial charge < -0.3 is 23.0 Å². The number of ether oxygens (including phenoxy) is 3. The first-order chi connectivity index (χ1) is 14.5. The molecule has 1 aromatic carbocycles. The highest BCUT2D eigenvalue weighted by molar-refractivity contribution is 5.87. The van der Waals surface area contributed by atoms with Crippen molar-refractivity contribution < 1.29 is 27.8 Å². The summed E-state index contributed by atoms with van der Waals surface area (Å²) >= 11 is 0. The number of hydrogen-bond acceptors (Lipinski definition) is 9. The minimum absolute atomic E-state index is 0.0883. The van der Waals surface area contributed by atoms with Crippen molar-refractivity contribution in [2.24, 2.45) is 0 Å². The number of hydrogen-bond donors (Lipinski definition) is 0. The van der Waals surface area contributed by atoms with Crippen LogP contribution >= 0.6 is 0 Å². The van der Waals surface area contributed by atoms with E-state index in [4.69, 9.17) is 28.3 Å². The van der Waals surface area contributed by atoms with E-state index in [0.29, 0.717) is 34.3 Å². The van der Waals surface area contributed by atoms with E-state index < -0.39 is 5.97 Å². The summed E-state index contributed by atoms with van der Waals surface area (Å²) < 4.78 is 26.6. The molecular formula is C21H19N3O6. The van der Waals surface area contributed by atoms with Gasteiger partial charge >= 0.3 is 5.97 Å². The maximum Gasteiger partial charge on any atom is 0.331 e. The topological polar surface area (TPSA) is 121 Å². The molecule has 0 saturated carbocycles. The number of methoxy groups -OCH3 is 1. The molecule has 2 heterocycles. The van der Waals surface area contributed by atoms with Gasteiger partial charge in [-0.15, -0.1) is 10.2 Å². The standard InChI is InChI=1S/C21H19N3O6/c1-13-10-16(14(2)29-13)21-24-23-19(30-21)12-28-20(25)7-5-15-4-6-17(27-9-8-22)18(11-15)26-3/h4-7,10-11H,9,12H2,1-3H3/b7-5+. The molecule has 30 heavy (non-hydrogen) atoms. The van der Waals surface area contributed by atoms with Gasteiger partial charge in [-0.3, -0.25) is 0 Å². The Morgan fingerprint density at radius 2 is 2.03 bits per heavy atom. The lowest BCUT2D eigenvalue weighted by atomic mass is 10.2. The number of esters is 1. The highest BCUT2D eigenvalue weighted by atomic mass is 16.5. The molecule has 0 bridgehead atoms. The first-order valence-corrected chi connectivity index (χ1v) is 8.92. The lowest BCUT2D eigenvalue weighted by molar-refractivity contribution is -0.139. The third-order valence-corrected chi connectivity index (χ3v) is 3.97. The molecule has 0 amide bonds. The van der Waals surface area contributed by atoms with Gasteiger partial charge in [0.1, 0.15) is 17.6 Å².